The van der Waals surface area contributed by atoms with Crippen LogP contribution in [-0.4, -0.2) is 58.7 Å². The summed E-state index contributed by atoms with van der Waals surface area (Å²) in [5, 5.41) is 19.5. The molecule has 11 heteroatoms. The molecule has 0 radical (unpaired) electrons. The number of halogens is 3. The van der Waals surface area contributed by atoms with Crippen molar-refractivity contribution >= 4 is 11.7 Å². The number of aliphatic imine (C=N–C) groups is 1. The van der Waals surface area contributed by atoms with Crippen LogP contribution in [0.2, 0.25) is 0 Å². The Labute approximate surface area is 178 Å². The highest BCUT2D eigenvalue weighted by Crippen LogP contribution is 2.41. The minimum Gasteiger partial charge on any atom is -0.489 e. The Bertz CT molecular complexity index is 833. The van der Waals surface area contributed by atoms with E-state index in [0.29, 0.717) is 31.7 Å². The standard InChI is InChI=1S/C20H28F3N5O3/c1-10(2)31-12-3-4-13(26-9-12)28-7-5-11(6-8-28)16(24)14-15(20(21,22)23)17(29)19(30)27-18(14)25/h3-4,9-11,15,17,19,29-30H,5-8,24H2,1-2H3,(H2,25,27)/t15-,17-,19?/m1/s1. The second-order valence-corrected chi connectivity index (χ2v) is 8.09. The lowest BCUT2D eigenvalue weighted by Gasteiger charge is -2.37. The van der Waals surface area contributed by atoms with E-state index in [1.165, 1.54) is 0 Å². The number of alkyl halides is 3. The molecule has 1 unspecified atom stereocenters. The first kappa shape index (κ1) is 23.1. The van der Waals surface area contributed by atoms with E-state index in [2.05, 4.69) is 9.98 Å². The molecule has 0 saturated carbocycles. The third-order valence-electron chi connectivity index (χ3n) is 5.52. The number of piperidine rings is 1. The monoisotopic (exact) mass is 443 g/mol. The van der Waals surface area contributed by atoms with E-state index in [9.17, 15) is 23.4 Å². The molecule has 1 aromatic rings. The van der Waals surface area contributed by atoms with Gasteiger partial charge in [0.15, 0.2) is 6.23 Å². The average Bonchev–Trinajstić information content (AvgIpc) is 2.69. The fourth-order valence-corrected chi connectivity index (χ4v) is 4.02. The molecular formula is C20H28F3N5O3. The largest absolute Gasteiger partial charge is 0.489 e. The van der Waals surface area contributed by atoms with Crippen LogP contribution in [-0.2, 0) is 0 Å². The first-order valence-electron chi connectivity index (χ1n) is 10.1. The lowest BCUT2D eigenvalue weighted by atomic mass is 9.81. The first-order chi connectivity index (χ1) is 14.5. The van der Waals surface area contributed by atoms with E-state index < -0.39 is 35.8 Å². The molecule has 0 aromatic carbocycles. The zero-order valence-corrected chi connectivity index (χ0v) is 17.4. The predicted molar refractivity (Wildman–Crippen MR) is 109 cm³/mol. The van der Waals surface area contributed by atoms with Crippen molar-refractivity contribution in [3.63, 3.8) is 0 Å². The number of amidine groups is 1. The van der Waals surface area contributed by atoms with Gasteiger partial charge in [-0.05, 0) is 38.8 Å². The normalized spacial score (nSPS) is 27.3. The highest BCUT2D eigenvalue weighted by atomic mass is 19.4. The molecule has 1 aromatic heterocycles. The van der Waals surface area contributed by atoms with Crippen molar-refractivity contribution < 1.29 is 28.1 Å². The summed E-state index contributed by atoms with van der Waals surface area (Å²) in [4.78, 5) is 9.96. The van der Waals surface area contributed by atoms with Crippen LogP contribution in [0.15, 0.2) is 34.6 Å². The maximum atomic E-state index is 13.6. The Morgan fingerprint density at radius 2 is 1.87 bits per heavy atom. The third kappa shape index (κ3) is 5.04. The van der Waals surface area contributed by atoms with Crippen molar-refractivity contribution in [2.24, 2.45) is 28.3 Å². The third-order valence-corrected chi connectivity index (χ3v) is 5.52. The lowest BCUT2D eigenvalue weighted by molar-refractivity contribution is -0.200. The van der Waals surface area contributed by atoms with Gasteiger partial charge in [-0.3, -0.25) is 0 Å². The molecule has 0 aliphatic carbocycles. The van der Waals surface area contributed by atoms with Gasteiger partial charge in [0.05, 0.1) is 12.3 Å². The molecule has 0 bridgehead atoms. The van der Waals surface area contributed by atoms with Crippen LogP contribution in [0.3, 0.4) is 0 Å². The second-order valence-electron chi connectivity index (χ2n) is 8.09. The number of aliphatic hydroxyl groups is 2. The second kappa shape index (κ2) is 8.91. The Kier molecular flexibility index (Phi) is 6.65. The fraction of sp³-hybridized carbons (Fsp3) is 0.600. The van der Waals surface area contributed by atoms with Gasteiger partial charge in [-0.1, -0.05) is 0 Å². The number of nitrogens with zero attached hydrogens (tertiary/aromatic N) is 3. The fourth-order valence-electron chi connectivity index (χ4n) is 4.02. The molecular weight excluding hydrogens is 415 g/mol. The maximum Gasteiger partial charge on any atom is 0.398 e. The van der Waals surface area contributed by atoms with Gasteiger partial charge in [-0.2, -0.15) is 13.2 Å². The van der Waals surface area contributed by atoms with Crippen molar-refractivity contribution in [3.05, 3.63) is 29.6 Å². The number of ether oxygens (including phenoxy) is 1. The van der Waals surface area contributed by atoms with Crippen LogP contribution in [0.5, 0.6) is 5.75 Å². The van der Waals surface area contributed by atoms with Gasteiger partial charge >= 0.3 is 6.18 Å². The number of aromatic nitrogens is 1. The zero-order valence-electron chi connectivity index (χ0n) is 17.4. The molecule has 31 heavy (non-hydrogen) atoms. The lowest BCUT2D eigenvalue weighted by Crippen LogP contribution is -2.50. The molecule has 3 heterocycles. The smallest absolute Gasteiger partial charge is 0.398 e. The number of hydrogen-bond acceptors (Lipinski definition) is 8. The van der Waals surface area contributed by atoms with Crippen molar-refractivity contribution in [2.75, 3.05) is 18.0 Å². The summed E-state index contributed by atoms with van der Waals surface area (Å²) < 4.78 is 46.4. The highest BCUT2D eigenvalue weighted by Gasteiger charge is 2.53. The van der Waals surface area contributed by atoms with Gasteiger partial charge in [0.1, 0.15) is 29.4 Å². The van der Waals surface area contributed by atoms with Crippen molar-refractivity contribution in [1.29, 1.82) is 0 Å². The van der Waals surface area contributed by atoms with Crippen LogP contribution in [0, 0.1) is 11.8 Å². The SMILES string of the molecule is CC(C)Oc1ccc(N2CCC(C(N)=C3C(N)=NC(O)[C@H](O)[C@@H]3C(F)(F)F)CC2)nc1. The molecule has 1 fully saturated rings. The molecule has 0 spiro atoms. The van der Waals surface area contributed by atoms with Gasteiger partial charge in [0, 0.05) is 30.3 Å². The average molecular weight is 443 g/mol. The Morgan fingerprint density at radius 3 is 2.39 bits per heavy atom. The van der Waals surface area contributed by atoms with Crippen LogP contribution >= 0.6 is 0 Å². The van der Waals surface area contributed by atoms with Gasteiger partial charge in [0.25, 0.3) is 0 Å². The summed E-state index contributed by atoms with van der Waals surface area (Å²) in [7, 11) is 0. The van der Waals surface area contributed by atoms with E-state index in [-0.39, 0.29) is 17.7 Å². The number of anilines is 1. The minimum absolute atomic E-state index is 0.0373. The van der Waals surface area contributed by atoms with E-state index >= 15 is 0 Å². The Morgan fingerprint density at radius 1 is 1.23 bits per heavy atom. The summed E-state index contributed by atoms with van der Waals surface area (Å²) in [6, 6.07) is 3.66. The molecule has 2 aliphatic rings. The minimum atomic E-state index is -4.83. The van der Waals surface area contributed by atoms with Crippen LogP contribution < -0.4 is 21.1 Å². The van der Waals surface area contributed by atoms with Crippen molar-refractivity contribution in [1.82, 2.24) is 4.98 Å². The van der Waals surface area contributed by atoms with Crippen LogP contribution in [0.25, 0.3) is 0 Å². The summed E-state index contributed by atoms with van der Waals surface area (Å²) in [5.74, 6) is -1.83. The van der Waals surface area contributed by atoms with E-state index in [4.69, 9.17) is 16.2 Å². The maximum absolute atomic E-state index is 13.6. The Balaban J connectivity index is 1.76. The first-order valence-corrected chi connectivity index (χ1v) is 10.1. The molecule has 8 nitrogen and oxygen atoms in total. The summed E-state index contributed by atoms with van der Waals surface area (Å²) in [6.45, 7) is 4.92. The molecule has 0 amide bonds. The Hall–Kier alpha value is -2.53. The summed E-state index contributed by atoms with van der Waals surface area (Å²) in [6.07, 6.45) is -6.29. The number of allylic oxidation sites excluding steroid dienone is 1. The molecule has 172 valence electrons. The van der Waals surface area contributed by atoms with Crippen LogP contribution in [0.4, 0.5) is 19.0 Å². The number of rotatable bonds is 4. The molecule has 3 rings (SSSR count). The number of nitrogens with two attached hydrogens (primary N) is 2. The summed E-state index contributed by atoms with van der Waals surface area (Å²) >= 11 is 0. The number of aliphatic hydroxyl groups excluding tert-OH is 2. The van der Waals surface area contributed by atoms with E-state index in [1.54, 1.807) is 6.20 Å². The predicted octanol–water partition coefficient (Wildman–Crippen LogP) is 1.53. The quantitative estimate of drug-likeness (QED) is 0.555. The molecule has 1 saturated heterocycles. The van der Waals surface area contributed by atoms with Crippen molar-refractivity contribution in [2.45, 2.75) is 51.3 Å². The number of pyridine rings is 1. The molecule has 3 atom stereocenters. The topological polar surface area (TPSA) is 130 Å². The molecule has 6 N–H and O–H groups in total. The van der Waals surface area contributed by atoms with Crippen LogP contribution in [0.1, 0.15) is 26.7 Å². The van der Waals surface area contributed by atoms with E-state index in [0.717, 1.165) is 5.82 Å². The van der Waals surface area contributed by atoms with Crippen molar-refractivity contribution in [3.8, 4) is 5.75 Å². The zero-order chi connectivity index (χ0) is 22.9. The van der Waals surface area contributed by atoms with E-state index in [1.807, 2.05) is 30.9 Å². The number of hydrogen-bond donors (Lipinski definition) is 4. The van der Waals surface area contributed by atoms with Gasteiger partial charge in [0.2, 0.25) is 0 Å². The van der Waals surface area contributed by atoms with Gasteiger partial charge < -0.3 is 31.3 Å². The highest BCUT2D eigenvalue weighted by molar-refractivity contribution is 5.99. The summed E-state index contributed by atoms with van der Waals surface area (Å²) in [5.41, 5.74) is 11.4. The molecule has 2 aliphatic heterocycles. The van der Waals surface area contributed by atoms with Gasteiger partial charge in [-0.15, -0.1) is 0 Å². The van der Waals surface area contributed by atoms with Gasteiger partial charge in [-0.25, -0.2) is 9.98 Å².